The first-order valence-corrected chi connectivity index (χ1v) is 9.90. The van der Waals surface area contributed by atoms with Crippen molar-refractivity contribution in [1.29, 1.82) is 5.26 Å². The predicted molar refractivity (Wildman–Crippen MR) is 107 cm³/mol. The monoisotopic (exact) mass is 389 g/mol. The number of rotatable bonds is 9. The Kier molecular flexibility index (Phi) is 7.98. The Labute approximate surface area is 166 Å². The zero-order valence-electron chi connectivity index (χ0n) is 16.6. The Bertz CT molecular complexity index is 727. The third-order valence-electron chi connectivity index (χ3n) is 5.40. The molecule has 2 rings (SSSR count). The fourth-order valence-electron chi connectivity index (χ4n) is 3.74. The number of nitrogens with zero attached hydrogens (tertiary/aromatic N) is 2. The van der Waals surface area contributed by atoms with Crippen molar-refractivity contribution < 1.29 is 13.6 Å². The van der Waals surface area contributed by atoms with Crippen LogP contribution in [-0.4, -0.2) is 25.4 Å². The number of carbonyl (C=O) groups excluding carboxylic acids is 1. The van der Waals surface area contributed by atoms with Gasteiger partial charge in [0.05, 0.1) is 11.6 Å². The minimum atomic E-state index is -2.74. The van der Waals surface area contributed by atoms with Crippen LogP contribution in [0.5, 0.6) is 0 Å². The molecule has 0 aromatic heterocycles. The molecule has 1 aliphatic rings. The molecule has 28 heavy (non-hydrogen) atoms. The van der Waals surface area contributed by atoms with E-state index in [2.05, 4.69) is 18.3 Å². The summed E-state index contributed by atoms with van der Waals surface area (Å²) < 4.78 is 29.4. The summed E-state index contributed by atoms with van der Waals surface area (Å²) >= 11 is 0. The van der Waals surface area contributed by atoms with E-state index in [1.807, 2.05) is 30.2 Å². The summed E-state index contributed by atoms with van der Waals surface area (Å²) in [5, 5.41) is 11.9. The summed E-state index contributed by atoms with van der Waals surface area (Å²) in [5.74, 6) is -3.49. The molecule has 0 bridgehead atoms. The van der Waals surface area contributed by atoms with Gasteiger partial charge in [0.15, 0.2) is 0 Å². The van der Waals surface area contributed by atoms with E-state index in [1.165, 1.54) is 0 Å². The van der Waals surface area contributed by atoms with Crippen molar-refractivity contribution in [2.75, 3.05) is 18.0 Å². The lowest BCUT2D eigenvalue weighted by Crippen LogP contribution is -2.43. The van der Waals surface area contributed by atoms with Crippen LogP contribution in [0.3, 0.4) is 0 Å². The number of alkyl halides is 2. The molecule has 1 aromatic carbocycles. The maximum absolute atomic E-state index is 14.7. The second-order valence-electron chi connectivity index (χ2n) is 7.56. The van der Waals surface area contributed by atoms with Gasteiger partial charge >= 0.3 is 0 Å². The van der Waals surface area contributed by atoms with Crippen LogP contribution in [0.25, 0.3) is 0 Å². The van der Waals surface area contributed by atoms with Crippen LogP contribution >= 0.6 is 0 Å². The number of nitrogens with one attached hydrogen (secondary N) is 1. The fourth-order valence-corrected chi connectivity index (χ4v) is 3.74. The summed E-state index contributed by atoms with van der Waals surface area (Å²) in [5.41, 5.74) is 2.24. The first-order valence-electron chi connectivity index (χ1n) is 9.90. The Hall–Kier alpha value is -2.42. The Morgan fingerprint density at radius 3 is 2.89 bits per heavy atom. The number of anilines is 1. The Morgan fingerprint density at radius 2 is 2.21 bits per heavy atom. The van der Waals surface area contributed by atoms with Gasteiger partial charge in [0, 0.05) is 37.3 Å². The fraction of sp³-hybridized carbons (Fsp3) is 0.545. The van der Waals surface area contributed by atoms with E-state index in [0.717, 1.165) is 24.1 Å². The lowest BCUT2D eigenvalue weighted by atomic mass is 9.78. The number of halogens is 2. The summed E-state index contributed by atoms with van der Waals surface area (Å²) in [6.45, 7) is 4.61. The normalized spacial score (nSPS) is 21.2. The average molecular weight is 389 g/mol. The maximum atomic E-state index is 14.7. The molecule has 0 saturated heterocycles. The van der Waals surface area contributed by atoms with Crippen LogP contribution in [0.2, 0.25) is 0 Å². The quantitative estimate of drug-likeness (QED) is 0.618. The van der Waals surface area contributed by atoms with Crippen LogP contribution in [0.4, 0.5) is 14.5 Å². The number of unbranched alkanes of at least 4 members (excludes halogenated alkanes) is 1. The van der Waals surface area contributed by atoms with E-state index in [-0.39, 0.29) is 18.9 Å². The molecule has 152 valence electrons. The molecule has 0 aliphatic heterocycles. The van der Waals surface area contributed by atoms with Gasteiger partial charge in [-0.05, 0) is 49.8 Å². The van der Waals surface area contributed by atoms with Crippen molar-refractivity contribution in [2.24, 2.45) is 11.8 Å². The summed E-state index contributed by atoms with van der Waals surface area (Å²) in [6, 6.07) is 7.48. The van der Waals surface area contributed by atoms with Crippen molar-refractivity contribution in [3.05, 3.63) is 41.6 Å². The van der Waals surface area contributed by atoms with Crippen LogP contribution in [0, 0.1) is 30.1 Å². The van der Waals surface area contributed by atoms with Crippen LogP contribution < -0.4 is 10.2 Å². The molecule has 0 spiro atoms. The maximum Gasteiger partial charge on any atom is 0.252 e. The van der Waals surface area contributed by atoms with Crippen LogP contribution in [-0.2, 0) is 4.79 Å². The molecule has 6 heteroatoms. The van der Waals surface area contributed by atoms with Gasteiger partial charge in [-0.1, -0.05) is 25.5 Å². The van der Waals surface area contributed by atoms with E-state index in [9.17, 15) is 18.8 Å². The molecular formula is C22H29F2N3O. The topological polar surface area (TPSA) is 56.1 Å². The number of aryl methyl sites for hydroxylation is 1. The Balaban J connectivity index is 2.28. The number of nitriles is 1. The highest BCUT2D eigenvalue weighted by atomic mass is 19.3. The van der Waals surface area contributed by atoms with Gasteiger partial charge < -0.3 is 10.2 Å². The highest BCUT2D eigenvalue weighted by Crippen LogP contribution is 2.42. The number of hydrogen-bond donors (Lipinski definition) is 1. The lowest BCUT2D eigenvalue weighted by Gasteiger charge is -2.38. The lowest BCUT2D eigenvalue weighted by molar-refractivity contribution is -0.110. The van der Waals surface area contributed by atoms with E-state index >= 15 is 0 Å². The van der Waals surface area contributed by atoms with Gasteiger partial charge in [0.1, 0.15) is 0 Å². The van der Waals surface area contributed by atoms with Crippen molar-refractivity contribution in [3.63, 3.8) is 0 Å². The highest BCUT2D eigenvalue weighted by molar-refractivity contribution is 5.59. The van der Waals surface area contributed by atoms with Crippen LogP contribution in [0.1, 0.15) is 50.2 Å². The third kappa shape index (κ3) is 5.79. The molecular weight excluding hydrogens is 360 g/mol. The Morgan fingerprint density at radius 1 is 1.43 bits per heavy atom. The molecule has 1 amide bonds. The summed E-state index contributed by atoms with van der Waals surface area (Å²) in [4.78, 5) is 12.4. The van der Waals surface area contributed by atoms with Crippen LogP contribution in [0.15, 0.2) is 30.5 Å². The molecule has 1 N–H and O–H groups in total. The van der Waals surface area contributed by atoms with Gasteiger partial charge in [0.2, 0.25) is 6.41 Å². The smallest absolute Gasteiger partial charge is 0.252 e. The SMILES string of the molecule is CCC/C=C/N(C[C@@H]1C[C@H](CNC=O)CCC1(F)F)c1cc(C#N)ccc1C. The molecule has 0 unspecified atom stereocenters. The van der Waals surface area contributed by atoms with Gasteiger partial charge in [-0.25, -0.2) is 8.78 Å². The van der Waals surface area contributed by atoms with E-state index in [0.29, 0.717) is 31.4 Å². The molecule has 0 radical (unpaired) electrons. The second kappa shape index (κ2) is 10.2. The zero-order chi connectivity index (χ0) is 20.6. The predicted octanol–water partition coefficient (Wildman–Crippen LogP) is 4.78. The molecule has 1 fully saturated rings. The molecule has 1 aliphatic carbocycles. The minimum Gasteiger partial charge on any atom is -0.358 e. The molecule has 1 aromatic rings. The van der Waals surface area contributed by atoms with E-state index in [4.69, 9.17) is 0 Å². The number of hydrogen-bond acceptors (Lipinski definition) is 3. The zero-order valence-corrected chi connectivity index (χ0v) is 16.6. The molecule has 4 nitrogen and oxygen atoms in total. The van der Waals surface area contributed by atoms with Crippen molar-refractivity contribution >= 4 is 12.1 Å². The van der Waals surface area contributed by atoms with Crippen molar-refractivity contribution in [2.45, 2.75) is 51.9 Å². The largest absolute Gasteiger partial charge is 0.358 e. The number of benzene rings is 1. The number of carbonyl (C=O) groups is 1. The standard InChI is InChI=1S/C22H29F2N3O/c1-3-4-5-10-27(21-12-18(13-25)7-6-17(21)2)15-20-11-19(14-26-16-28)8-9-22(20,23)24/h5-7,10,12,16,19-20H,3-4,8-9,11,14-15H2,1-2H3,(H,26,28)/b10-5+/t19-,20+/m1/s1. The number of allylic oxidation sites excluding steroid dienone is 1. The molecule has 0 heterocycles. The summed E-state index contributed by atoms with van der Waals surface area (Å²) in [6.07, 6.45) is 6.94. The number of amides is 1. The van der Waals surface area contributed by atoms with Crippen molar-refractivity contribution in [3.8, 4) is 6.07 Å². The summed E-state index contributed by atoms with van der Waals surface area (Å²) in [7, 11) is 0. The van der Waals surface area contributed by atoms with E-state index in [1.54, 1.807) is 12.1 Å². The average Bonchev–Trinajstić information content (AvgIpc) is 2.68. The van der Waals surface area contributed by atoms with Gasteiger partial charge in [-0.3, -0.25) is 4.79 Å². The second-order valence-corrected chi connectivity index (χ2v) is 7.56. The molecule has 2 atom stereocenters. The third-order valence-corrected chi connectivity index (χ3v) is 5.40. The van der Waals surface area contributed by atoms with Gasteiger partial charge in [-0.15, -0.1) is 0 Å². The minimum absolute atomic E-state index is 0.0582. The van der Waals surface area contributed by atoms with Gasteiger partial charge in [0.25, 0.3) is 5.92 Å². The first kappa shape index (κ1) is 21.9. The highest BCUT2D eigenvalue weighted by Gasteiger charge is 2.45. The van der Waals surface area contributed by atoms with Gasteiger partial charge in [-0.2, -0.15) is 5.26 Å². The van der Waals surface area contributed by atoms with E-state index < -0.39 is 11.8 Å². The first-order chi connectivity index (χ1) is 13.4. The molecule has 1 saturated carbocycles. The van der Waals surface area contributed by atoms with Crippen molar-refractivity contribution in [1.82, 2.24) is 5.32 Å².